The van der Waals surface area contributed by atoms with E-state index in [4.69, 9.17) is 4.74 Å². The van der Waals surface area contributed by atoms with Gasteiger partial charge >= 0.3 is 11.3 Å². The Kier molecular flexibility index (Phi) is 5.90. The summed E-state index contributed by atoms with van der Waals surface area (Å²) in [7, 11) is 0. The van der Waals surface area contributed by atoms with E-state index in [2.05, 4.69) is 10.1 Å². The SMILES string of the molecule is CSc1n[n+]2c(c(=O)[nH]1)-c1ccccc1N(C(C)=O)[C@@H]2c1ccc(OCc2ccccc2)cc1. The van der Waals surface area contributed by atoms with Crippen LogP contribution in [0.3, 0.4) is 0 Å². The smallest absolute Gasteiger partial charge is 0.325 e. The number of hydrogen-bond donors (Lipinski definition) is 1. The molecule has 170 valence electrons. The molecule has 1 atom stereocenters. The molecule has 4 aromatic rings. The summed E-state index contributed by atoms with van der Waals surface area (Å²) in [5, 5.41) is 5.16. The van der Waals surface area contributed by atoms with Crippen LogP contribution in [0.4, 0.5) is 5.69 Å². The van der Waals surface area contributed by atoms with Crippen LogP contribution in [0, 0.1) is 0 Å². The van der Waals surface area contributed by atoms with E-state index in [1.54, 1.807) is 9.58 Å². The number of nitrogens with one attached hydrogen (secondary N) is 1. The number of rotatable bonds is 5. The summed E-state index contributed by atoms with van der Waals surface area (Å²) >= 11 is 1.34. The molecule has 1 amide bonds. The van der Waals surface area contributed by atoms with Gasteiger partial charge in [-0.1, -0.05) is 54.2 Å². The zero-order chi connectivity index (χ0) is 23.7. The number of carbonyl (C=O) groups is 1. The van der Waals surface area contributed by atoms with Crippen molar-refractivity contribution in [2.45, 2.75) is 24.9 Å². The molecule has 2 heterocycles. The first-order valence-corrected chi connectivity index (χ1v) is 12.1. The van der Waals surface area contributed by atoms with Gasteiger partial charge in [-0.05, 0) is 52.9 Å². The van der Waals surface area contributed by atoms with Crippen LogP contribution in [-0.2, 0) is 11.4 Å². The van der Waals surface area contributed by atoms with Crippen molar-refractivity contribution in [2.24, 2.45) is 0 Å². The van der Waals surface area contributed by atoms with E-state index in [9.17, 15) is 9.59 Å². The van der Waals surface area contributed by atoms with E-state index >= 15 is 0 Å². The van der Waals surface area contributed by atoms with Gasteiger partial charge in [-0.15, -0.1) is 0 Å². The van der Waals surface area contributed by atoms with E-state index in [-0.39, 0.29) is 11.5 Å². The molecule has 0 unspecified atom stereocenters. The number of H-pyrrole nitrogens is 1. The highest BCUT2D eigenvalue weighted by Gasteiger charge is 2.44. The van der Waals surface area contributed by atoms with E-state index in [1.165, 1.54) is 18.7 Å². The number of nitrogens with zero attached hydrogens (tertiary/aromatic N) is 3. The Morgan fingerprint density at radius 1 is 1.06 bits per heavy atom. The van der Waals surface area contributed by atoms with Gasteiger partial charge in [-0.2, -0.15) is 0 Å². The topological polar surface area (TPSA) is 79.2 Å². The number of aromatic nitrogens is 3. The van der Waals surface area contributed by atoms with Crippen LogP contribution in [0.25, 0.3) is 11.3 Å². The first-order valence-electron chi connectivity index (χ1n) is 10.8. The molecule has 5 rings (SSSR count). The van der Waals surface area contributed by atoms with Crippen molar-refractivity contribution in [1.82, 2.24) is 10.1 Å². The number of hydrogen-bond acceptors (Lipinski definition) is 5. The summed E-state index contributed by atoms with van der Waals surface area (Å²) in [5.74, 6) is 0.569. The van der Waals surface area contributed by atoms with Crippen LogP contribution in [0.5, 0.6) is 5.75 Å². The number of para-hydroxylation sites is 1. The van der Waals surface area contributed by atoms with Crippen LogP contribution in [0.2, 0.25) is 0 Å². The van der Waals surface area contributed by atoms with Crippen molar-refractivity contribution in [3.05, 3.63) is 100 Å². The first kappa shape index (κ1) is 21.9. The summed E-state index contributed by atoms with van der Waals surface area (Å²) < 4.78 is 7.58. The molecule has 8 heteroatoms. The lowest BCUT2D eigenvalue weighted by Gasteiger charge is -2.31. The van der Waals surface area contributed by atoms with Gasteiger partial charge in [-0.25, -0.2) is 4.90 Å². The van der Waals surface area contributed by atoms with Gasteiger partial charge in [0, 0.05) is 17.6 Å². The highest BCUT2D eigenvalue weighted by atomic mass is 32.2. The molecule has 0 aliphatic carbocycles. The number of anilines is 1. The molecule has 0 saturated carbocycles. The number of fused-ring (bicyclic) bond motifs is 3. The number of aromatic amines is 1. The molecular formula is C26H23N4O3S+. The molecule has 1 N–H and O–H groups in total. The summed E-state index contributed by atoms with van der Waals surface area (Å²) in [6.07, 6.45) is 1.23. The lowest BCUT2D eigenvalue weighted by Crippen LogP contribution is -2.60. The van der Waals surface area contributed by atoms with E-state index < -0.39 is 6.17 Å². The Morgan fingerprint density at radius 2 is 1.76 bits per heavy atom. The average molecular weight is 472 g/mol. The molecule has 0 fully saturated rings. The molecule has 1 aliphatic rings. The minimum atomic E-state index is -0.612. The van der Waals surface area contributed by atoms with Crippen LogP contribution in [-0.4, -0.2) is 22.2 Å². The lowest BCUT2D eigenvalue weighted by atomic mass is 10.0. The van der Waals surface area contributed by atoms with Gasteiger partial charge in [-0.3, -0.25) is 14.6 Å². The highest BCUT2D eigenvalue weighted by molar-refractivity contribution is 7.98. The summed E-state index contributed by atoms with van der Waals surface area (Å²) in [6.45, 7) is 1.98. The second-order valence-electron chi connectivity index (χ2n) is 7.88. The zero-order valence-corrected chi connectivity index (χ0v) is 19.6. The standard InChI is InChI=1S/C26H22N4O3S/c1-17(31)29-22-11-7-6-10-21(22)23-24(32)27-26(34-2)28-30(23)25(29)19-12-14-20(15-13-19)33-16-18-8-4-3-5-9-18/h3-15,25H,16H2,1-2H3/p+1/t25-/m0/s1. The Labute approximate surface area is 201 Å². The van der Waals surface area contributed by atoms with Gasteiger partial charge in [0.1, 0.15) is 12.4 Å². The third-order valence-electron chi connectivity index (χ3n) is 5.72. The maximum absolute atomic E-state index is 13.1. The predicted octanol–water partition coefficient (Wildman–Crippen LogP) is 3.94. The number of carbonyl (C=O) groups excluding carboxylic acids is 1. The number of thioether (sulfide) groups is 1. The van der Waals surface area contributed by atoms with Gasteiger partial charge in [0.15, 0.2) is 0 Å². The fourth-order valence-electron chi connectivity index (χ4n) is 4.18. The largest absolute Gasteiger partial charge is 0.489 e. The van der Waals surface area contributed by atoms with E-state index in [0.29, 0.717) is 34.5 Å². The molecule has 0 bridgehead atoms. The second-order valence-corrected chi connectivity index (χ2v) is 8.67. The van der Waals surface area contributed by atoms with E-state index in [0.717, 1.165) is 11.1 Å². The molecule has 34 heavy (non-hydrogen) atoms. The molecule has 0 radical (unpaired) electrons. The predicted molar refractivity (Wildman–Crippen MR) is 131 cm³/mol. The van der Waals surface area contributed by atoms with Gasteiger partial charge in [0.2, 0.25) is 11.1 Å². The van der Waals surface area contributed by atoms with Crippen molar-refractivity contribution in [2.75, 3.05) is 11.2 Å². The molecule has 1 aliphatic heterocycles. The first-order chi connectivity index (χ1) is 16.6. The summed E-state index contributed by atoms with van der Waals surface area (Å²) in [5.41, 5.74) is 3.40. The lowest BCUT2D eigenvalue weighted by molar-refractivity contribution is -0.763. The Balaban J connectivity index is 1.58. The van der Waals surface area contributed by atoms with Crippen molar-refractivity contribution in [3.8, 4) is 17.0 Å². The van der Waals surface area contributed by atoms with Gasteiger partial charge in [0.05, 0.1) is 11.3 Å². The molecule has 0 saturated heterocycles. The van der Waals surface area contributed by atoms with Crippen LogP contribution in [0.15, 0.2) is 88.8 Å². The normalized spacial score (nSPS) is 14.3. The minimum Gasteiger partial charge on any atom is -0.489 e. The average Bonchev–Trinajstić information content (AvgIpc) is 2.87. The second kappa shape index (κ2) is 9.15. The zero-order valence-electron chi connectivity index (χ0n) is 18.8. The van der Waals surface area contributed by atoms with Crippen molar-refractivity contribution in [3.63, 3.8) is 0 Å². The van der Waals surface area contributed by atoms with Crippen molar-refractivity contribution >= 4 is 23.4 Å². The monoisotopic (exact) mass is 471 g/mol. The summed E-state index contributed by atoms with van der Waals surface area (Å²) in [6, 6.07) is 24.9. The number of amides is 1. The van der Waals surface area contributed by atoms with Crippen LogP contribution >= 0.6 is 11.8 Å². The van der Waals surface area contributed by atoms with Crippen molar-refractivity contribution in [1.29, 1.82) is 0 Å². The van der Waals surface area contributed by atoms with E-state index in [1.807, 2.05) is 85.1 Å². The Bertz CT molecular complexity index is 1400. The Morgan fingerprint density at radius 3 is 2.47 bits per heavy atom. The Hall–Kier alpha value is -3.91. The molecule has 0 spiro atoms. The van der Waals surface area contributed by atoms with Gasteiger partial charge in [0.25, 0.3) is 6.17 Å². The van der Waals surface area contributed by atoms with Crippen LogP contribution < -0.4 is 19.9 Å². The molecular weight excluding hydrogens is 448 g/mol. The maximum atomic E-state index is 13.1. The third kappa shape index (κ3) is 3.97. The fraction of sp³-hybridized carbons (Fsp3) is 0.154. The quantitative estimate of drug-likeness (QED) is 0.352. The number of benzene rings is 3. The van der Waals surface area contributed by atoms with Gasteiger partial charge < -0.3 is 4.74 Å². The summed E-state index contributed by atoms with van der Waals surface area (Å²) in [4.78, 5) is 30.5. The molecule has 1 aromatic heterocycles. The molecule has 3 aromatic carbocycles. The number of ether oxygens (including phenoxy) is 1. The third-order valence-corrected chi connectivity index (χ3v) is 6.29. The minimum absolute atomic E-state index is 0.146. The highest BCUT2D eigenvalue weighted by Crippen LogP contribution is 2.37. The van der Waals surface area contributed by atoms with Crippen LogP contribution in [0.1, 0.15) is 24.2 Å². The van der Waals surface area contributed by atoms with Crippen molar-refractivity contribution < 1.29 is 14.2 Å². The fourth-order valence-corrected chi connectivity index (χ4v) is 4.55. The maximum Gasteiger partial charge on any atom is 0.325 e. The molecule has 7 nitrogen and oxygen atoms in total.